The minimum atomic E-state index is -1.03. The Bertz CT molecular complexity index is 659. The van der Waals surface area contributed by atoms with Crippen molar-refractivity contribution in [1.82, 2.24) is 10.2 Å². The second-order valence-corrected chi connectivity index (χ2v) is 7.57. The molecule has 1 heterocycles. The van der Waals surface area contributed by atoms with Gasteiger partial charge in [-0.3, -0.25) is 14.4 Å². The van der Waals surface area contributed by atoms with Gasteiger partial charge in [-0.05, 0) is 17.9 Å². The lowest BCUT2D eigenvalue weighted by Crippen LogP contribution is -2.41. The van der Waals surface area contributed by atoms with Crippen molar-refractivity contribution in [3.8, 4) is 0 Å². The average molecular weight is 360 g/mol. The van der Waals surface area contributed by atoms with Gasteiger partial charge in [-0.25, -0.2) is 0 Å². The molecule has 1 fully saturated rings. The maximum absolute atomic E-state index is 13.3. The number of carboxylic acid groups (broad SMARTS) is 1. The fourth-order valence-corrected chi connectivity index (χ4v) is 4.08. The van der Waals surface area contributed by atoms with Crippen LogP contribution in [0.3, 0.4) is 0 Å². The van der Waals surface area contributed by atoms with Crippen LogP contribution >= 0.6 is 0 Å². The minimum absolute atomic E-state index is 0.147. The molecule has 2 amide bonds. The fraction of sp³-hybridized carbons (Fsp3) is 0.550. The summed E-state index contributed by atoms with van der Waals surface area (Å²) in [5, 5.41) is 12.1. The maximum atomic E-state index is 13.3. The number of aliphatic carboxylic acids is 1. The third kappa shape index (κ3) is 4.42. The van der Waals surface area contributed by atoms with Gasteiger partial charge in [-0.2, -0.15) is 0 Å². The molecule has 142 valence electrons. The van der Waals surface area contributed by atoms with E-state index >= 15 is 0 Å². The zero-order valence-corrected chi connectivity index (χ0v) is 15.7. The number of hydrogen-bond donors (Lipinski definition) is 2. The Kier molecular flexibility index (Phi) is 6.40. The first-order valence-corrected chi connectivity index (χ1v) is 9.04. The summed E-state index contributed by atoms with van der Waals surface area (Å²) in [5.74, 6) is -1.46. The van der Waals surface area contributed by atoms with Crippen LogP contribution in [0, 0.1) is 17.3 Å². The highest BCUT2D eigenvalue weighted by Crippen LogP contribution is 2.47. The van der Waals surface area contributed by atoms with Crippen LogP contribution in [0.4, 0.5) is 0 Å². The zero-order valence-electron chi connectivity index (χ0n) is 15.7. The normalized spacial score (nSPS) is 22.7. The Morgan fingerprint density at radius 1 is 1.31 bits per heavy atom. The molecule has 0 spiro atoms. The zero-order chi connectivity index (χ0) is 19.3. The predicted molar refractivity (Wildman–Crippen MR) is 98.2 cm³/mol. The lowest BCUT2D eigenvalue weighted by atomic mass is 9.68. The molecule has 1 aromatic carbocycles. The van der Waals surface area contributed by atoms with Gasteiger partial charge >= 0.3 is 5.97 Å². The Balaban J connectivity index is 2.36. The van der Waals surface area contributed by atoms with Crippen LogP contribution in [0.25, 0.3) is 0 Å². The number of nitrogens with one attached hydrogen (secondary N) is 1. The van der Waals surface area contributed by atoms with Crippen LogP contribution in [0.15, 0.2) is 30.3 Å². The summed E-state index contributed by atoms with van der Waals surface area (Å²) in [6.07, 6.45) is 0.385. The Hall–Kier alpha value is -2.37. The molecule has 0 aromatic heterocycles. The quantitative estimate of drug-likeness (QED) is 0.745. The van der Waals surface area contributed by atoms with Crippen molar-refractivity contribution < 1.29 is 19.5 Å². The summed E-state index contributed by atoms with van der Waals surface area (Å²) in [6.45, 7) is 4.80. The molecule has 6 nitrogen and oxygen atoms in total. The van der Waals surface area contributed by atoms with E-state index in [1.807, 2.05) is 44.2 Å². The molecule has 0 saturated carbocycles. The Morgan fingerprint density at radius 3 is 2.50 bits per heavy atom. The van der Waals surface area contributed by atoms with Crippen molar-refractivity contribution in [2.75, 3.05) is 13.6 Å². The van der Waals surface area contributed by atoms with E-state index in [9.17, 15) is 19.5 Å². The van der Waals surface area contributed by atoms with Crippen molar-refractivity contribution in [2.24, 2.45) is 17.3 Å². The molecule has 6 heteroatoms. The number of rotatable bonds is 8. The van der Waals surface area contributed by atoms with Crippen molar-refractivity contribution in [3.63, 3.8) is 0 Å². The van der Waals surface area contributed by atoms with E-state index in [2.05, 4.69) is 5.32 Å². The van der Waals surface area contributed by atoms with Crippen LogP contribution in [0.2, 0.25) is 0 Å². The standard InChI is InChI=1S/C20H28N2O4/c1-14(2)10-20(11-18(24)25)16(9-17(23)21-3)13-22(19(20)26)12-15-7-5-4-6-8-15/h4-8,14,16H,9-13H2,1-3H3,(H,21,23)(H,24,25). The predicted octanol–water partition coefficient (Wildman–Crippen LogP) is 2.29. The molecule has 0 aliphatic carbocycles. The van der Waals surface area contributed by atoms with E-state index in [1.165, 1.54) is 0 Å². The average Bonchev–Trinajstić information content (AvgIpc) is 2.80. The van der Waals surface area contributed by atoms with Crippen LogP contribution in [-0.2, 0) is 20.9 Å². The van der Waals surface area contributed by atoms with Crippen LogP contribution in [0.5, 0.6) is 0 Å². The summed E-state index contributed by atoms with van der Waals surface area (Å²) in [6, 6.07) is 9.63. The molecule has 2 N–H and O–H groups in total. The monoisotopic (exact) mass is 360 g/mol. The number of carbonyl (C=O) groups is 3. The van der Waals surface area contributed by atoms with Crippen molar-refractivity contribution in [2.45, 2.75) is 39.7 Å². The molecule has 2 atom stereocenters. The molecule has 0 radical (unpaired) electrons. The number of nitrogens with zero attached hydrogens (tertiary/aromatic N) is 1. The number of likely N-dealkylation sites (tertiary alicyclic amines) is 1. The van der Waals surface area contributed by atoms with E-state index in [-0.39, 0.29) is 36.5 Å². The largest absolute Gasteiger partial charge is 0.481 e. The Labute approximate surface area is 154 Å². The number of carboxylic acids is 1. The van der Waals surface area contributed by atoms with Crippen LogP contribution in [-0.4, -0.2) is 41.4 Å². The first-order valence-electron chi connectivity index (χ1n) is 9.04. The van der Waals surface area contributed by atoms with E-state index in [1.54, 1.807) is 11.9 Å². The molecule has 1 aromatic rings. The molecule has 1 aliphatic heterocycles. The van der Waals surface area contributed by atoms with Crippen LogP contribution in [0.1, 0.15) is 38.7 Å². The molecular weight excluding hydrogens is 332 g/mol. The minimum Gasteiger partial charge on any atom is -0.481 e. The highest BCUT2D eigenvalue weighted by molar-refractivity contribution is 5.90. The first-order chi connectivity index (χ1) is 12.3. The SMILES string of the molecule is CNC(=O)CC1CN(Cc2ccccc2)C(=O)C1(CC(=O)O)CC(C)C. The van der Waals surface area contributed by atoms with E-state index < -0.39 is 11.4 Å². The maximum Gasteiger partial charge on any atom is 0.304 e. The smallest absolute Gasteiger partial charge is 0.304 e. The van der Waals surface area contributed by atoms with Crippen molar-refractivity contribution >= 4 is 17.8 Å². The van der Waals surface area contributed by atoms with Gasteiger partial charge < -0.3 is 15.3 Å². The van der Waals surface area contributed by atoms with E-state index in [0.29, 0.717) is 19.5 Å². The van der Waals surface area contributed by atoms with Crippen molar-refractivity contribution in [3.05, 3.63) is 35.9 Å². The van der Waals surface area contributed by atoms with Gasteiger partial charge in [-0.15, -0.1) is 0 Å². The van der Waals surface area contributed by atoms with Gasteiger partial charge in [0.15, 0.2) is 0 Å². The fourth-order valence-electron chi connectivity index (χ4n) is 4.08. The molecular formula is C20H28N2O4. The third-order valence-electron chi connectivity index (χ3n) is 5.10. The third-order valence-corrected chi connectivity index (χ3v) is 5.10. The number of carbonyl (C=O) groups excluding carboxylic acids is 2. The number of benzene rings is 1. The molecule has 1 saturated heterocycles. The second-order valence-electron chi connectivity index (χ2n) is 7.57. The summed E-state index contributed by atoms with van der Waals surface area (Å²) >= 11 is 0. The number of hydrogen-bond acceptors (Lipinski definition) is 3. The van der Waals surface area contributed by atoms with E-state index in [0.717, 1.165) is 5.56 Å². The first kappa shape index (κ1) is 19.9. The highest BCUT2D eigenvalue weighted by Gasteiger charge is 2.55. The van der Waals surface area contributed by atoms with E-state index in [4.69, 9.17) is 0 Å². The summed E-state index contributed by atoms with van der Waals surface area (Å²) in [4.78, 5) is 38.6. The molecule has 0 bridgehead atoms. The molecule has 2 unspecified atom stereocenters. The topological polar surface area (TPSA) is 86.7 Å². The van der Waals surface area contributed by atoms with Gasteiger partial charge in [0, 0.05) is 32.5 Å². The molecule has 1 aliphatic rings. The summed E-state index contributed by atoms with van der Waals surface area (Å²) in [7, 11) is 1.56. The summed E-state index contributed by atoms with van der Waals surface area (Å²) in [5.41, 5.74) is -0.0309. The Morgan fingerprint density at radius 2 is 1.96 bits per heavy atom. The summed E-state index contributed by atoms with van der Waals surface area (Å²) < 4.78 is 0. The number of amides is 2. The lowest BCUT2D eigenvalue weighted by Gasteiger charge is -2.32. The van der Waals surface area contributed by atoms with Gasteiger partial charge in [0.25, 0.3) is 0 Å². The van der Waals surface area contributed by atoms with Gasteiger partial charge in [-0.1, -0.05) is 44.2 Å². The van der Waals surface area contributed by atoms with Gasteiger partial charge in [0.2, 0.25) is 11.8 Å². The second kappa shape index (κ2) is 8.34. The van der Waals surface area contributed by atoms with Crippen LogP contribution < -0.4 is 5.32 Å². The molecule has 2 rings (SSSR count). The van der Waals surface area contributed by atoms with Crippen molar-refractivity contribution in [1.29, 1.82) is 0 Å². The lowest BCUT2D eigenvalue weighted by molar-refractivity contribution is -0.149. The molecule has 26 heavy (non-hydrogen) atoms. The highest BCUT2D eigenvalue weighted by atomic mass is 16.4. The van der Waals surface area contributed by atoms with Gasteiger partial charge in [0.05, 0.1) is 11.8 Å². The van der Waals surface area contributed by atoms with Gasteiger partial charge in [0.1, 0.15) is 0 Å².